The molecule has 0 heterocycles. The molecule has 0 fully saturated rings. The van der Waals surface area contributed by atoms with E-state index in [-0.39, 0.29) is 28.4 Å². The Bertz CT molecular complexity index is 1390. The third-order valence-corrected chi connectivity index (χ3v) is 8.18. The predicted octanol–water partition coefficient (Wildman–Crippen LogP) is 6.40. The van der Waals surface area contributed by atoms with Crippen molar-refractivity contribution >= 4 is 27.0 Å². The molecule has 0 saturated carbocycles. The molecular weight excluding hydrogens is 532 g/mol. The lowest BCUT2D eigenvalue weighted by Crippen LogP contribution is -2.27. The highest BCUT2D eigenvalue weighted by atomic mass is 32.2. The average molecular weight is 565 g/mol. The molecular formula is C31H32O6S2. The van der Waals surface area contributed by atoms with Crippen LogP contribution in [0.3, 0.4) is 0 Å². The van der Waals surface area contributed by atoms with Crippen molar-refractivity contribution in [2.24, 2.45) is 0 Å². The Hall–Kier alpha value is -3.59. The van der Waals surface area contributed by atoms with Crippen LogP contribution in [0.2, 0.25) is 0 Å². The molecule has 204 valence electrons. The van der Waals surface area contributed by atoms with Crippen LogP contribution in [-0.4, -0.2) is 31.1 Å². The minimum atomic E-state index is -4.27. The number of hydrogen-bond donors (Lipinski definition) is 0. The minimum Gasteiger partial charge on any atom is -0.744 e. The van der Waals surface area contributed by atoms with E-state index in [9.17, 15) is 17.8 Å². The van der Waals surface area contributed by atoms with Crippen molar-refractivity contribution in [1.29, 1.82) is 0 Å². The summed E-state index contributed by atoms with van der Waals surface area (Å²) in [5, 5.41) is 0. The maximum Gasteiger partial charge on any atom is 0.344 e. The van der Waals surface area contributed by atoms with Crippen molar-refractivity contribution in [3.63, 3.8) is 0 Å². The van der Waals surface area contributed by atoms with Gasteiger partial charge in [-0.3, -0.25) is 0 Å². The standard InChI is InChI=1S/C24H25O3S.C7H8O3S/c1-24(2,3)27-23(25)18-26-19-14-16-22(17-15-19)28(20-10-6-4-7-11-20)21-12-8-5-9-13-21;1-6-2-4-7(5-3-6)11(8,9)10/h4-17H,18H2,1-3H3;2-5H,1H3,(H,8,9,10)/q+1;/p-1. The summed E-state index contributed by atoms with van der Waals surface area (Å²) in [4.78, 5) is 15.4. The second-order valence-electron chi connectivity index (χ2n) is 9.55. The molecule has 6 nitrogen and oxygen atoms in total. The van der Waals surface area contributed by atoms with E-state index in [1.165, 1.54) is 26.8 Å². The van der Waals surface area contributed by atoms with Gasteiger partial charge < -0.3 is 14.0 Å². The molecule has 0 aliphatic heterocycles. The van der Waals surface area contributed by atoms with E-state index in [2.05, 4.69) is 60.7 Å². The van der Waals surface area contributed by atoms with Gasteiger partial charge in [0.15, 0.2) is 21.3 Å². The van der Waals surface area contributed by atoms with Gasteiger partial charge in [-0.25, -0.2) is 13.2 Å². The number of rotatable bonds is 7. The topological polar surface area (TPSA) is 92.7 Å². The van der Waals surface area contributed by atoms with E-state index in [0.717, 1.165) is 5.56 Å². The van der Waals surface area contributed by atoms with E-state index in [1.54, 1.807) is 12.1 Å². The van der Waals surface area contributed by atoms with E-state index < -0.39 is 15.7 Å². The third kappa shape index (κ3) is 9.90. The van der Waals surface area contributed by atoms with Crippen LogP contribution < -0.4 is 4.74 Å². The van der Waals surface area contributed by atoms with E-state index >= 15 is 0 Å². The van der Waals surface area contributed by atoms with Crippen LogP contribution in [-0.2, 0) is 30.5 Å². The lowest BCUT2D eigenvalue weighted by molar-refractivity contribution is -0.157. The molecule has 0 amide bonds. The zero-order valence-electron chi connectivity index (χ0n) is 22.4. The fourth-order valence-corrected chi connectivity index (χ4v) is 5.96. The number of hydrogen-bond acceptors (Lipinski definition) is 6. The number of benzene rings is 4. The molecule has 0 N–H and O–H groups in total. The molecule has 0 atom stereocenters. The Morgan fingerprint density at radius 2 is 1.21 bits per heavy atom. The summed E-state index contributed by atoms with van der Waals surface area (Å²) < 4.78 is 42.0. The van der Waals surface area contributed by atoms with Gasteiger partial charge in [-0.15, -0.1) is 0 Å². The van der Waals surface area contributed by atoms with Gasteiger partial charge in [-0.05, 0) is 88.4 Å². The summed E-state index contributed by atoms with van der Waals surface area (Å²) in [6, 6.07) is 34.7. The van der Waals surface area contributed by atoms with Gasteiger partial charge in [-0.2, -0.15) is 0 Å². The Morgan fingerprint density at radius 1 is 0.744 bits per heavy atom. The van der Waals surface area contributed by atoms with E-state index in [1.807, 2.05) is 52.0 Å². The third-order valence-electron chi connectivity index (χ3n) is 5.10. The van der Waals surface area contributed by atoms with Crippen molar-refractivity contribution in [3.05, 3.63) is 115 Å². The molecule has 4 aromatic rings. The first-order valence-corrected chi connectivity index (χ1v) is 14.9. The summed E-state index contributed by atoms with van der Waals surface area (Å²) in [5.74, 6) is 0.282. The van der Waals surface area contributed by atoms with E-state index in [0.29, 0.717) is 5.75 Å². The molecule has 0 unspecified atom stereocenters. The van der Waals surface area contributed by atoms with Gasteiger partial charge in [0.1, 0.15) is 21.5 Å². The van der Waals surface area contributed by atoms with Gasteiger partial charge in [0.05, 0.1) is 15.8 Å². The fraction of sp³-hybridized carbons (Fsp3) is 0.194. The number of esters is 1. The first kappa shape index (κ1) is 30.0. The van der Waals surface area contributed by atoms with Crippen LogP contribution in [0.15, 0.2) is 129 Å². The van der Waals surface area contributed by atoms with Crippen LogP contribution in [0.25, 0.3) is 0 Å². The molecule has 0 radical (unpaired) electrons. The van der Waals surface area contributed by atoms with Crippen molar-refractivity contribution < 1.29 is 27.2 Å². The Morgan fingerprint density at radius 3 is 1.64 bits per heavy atom. The lowest BCUT2D eigenvalue weighted by atomic mass is 10.2. The molecule has 0 aliphatic carbocycles. The van der Waals surface area contributed by atoms with Crippen LogP contribution in [0.4, 0.5) is 0 Å². The predicted molar refractivity (Wildman–Crippen MR) is 152 cm³/mol. The largest absolute Gasteiger partial charge is 0.744 e. The fourth-order valence-electron chi connectivity index (χ4n) is 3.41. The summed E-state index contributed by atoms with van der Waals surface area (Å²) >= 11 is 0. The Labute approximate surface area is 233 Å². The van der Waals surface area contributed by atoms with Crippen LogP contribution in [0, 0.1) is 6.92 Å². The van der Waals surface area contributed by atoms with Crippen molar-refractivity contribution in [1.82, 2.24) is 0 Å². The summed E-state index contributed by atoms with van der Waals surface area (Å²) in [7, 11) is -4.47. The molecule has 0 aliphatic rings. The highest BCUT2D eigenvalue weighted by molar-refractivity contribution is 7.97. The molecule has 0 saturated heterocycles. The highest BCUT2D eigenvalue weighted by Crippen LogP contribution is 2.31. The van der Waals surface area contributed by atoms with Crippen molar-refractivity contribution in [2.75, 3.05) is 6.61 Å². The van der Waals surface area contributed by atoms with E-state index in [4.69, 9.17) is 9.47 Å². The normalized spacial score (nSPS) is 11.3. The first-order valence-electron chi connectivity index (χ1n) is 12.2. The Kier molecular flexibility index (Phi) is 10.3. The van der Waals surface area contributed by atoms with Crippen molar-refractivity contribution in [3.8, 4) is 5.75 Å². The van der Waals surface area contributed by atoms with Gasteiger partial charge >= 0.3 is 5.97 Å². The van der Waals surface area contributed by atoms with Gasteiger partial charge in [-0.1, -0.05) is 54.1 Å². The summed E-state index contributed by atoms with van der Waals surface area (Å²) in [6.45, 7) is 7.25. The zero-order chi connectivity index (χ0) is 28.5. The molecule has 8 heteroatoms. The molecule has 4 rings (SSSR count). The second-order valence-corrected chi connectivity index (χ2v) is 13.0. The SMILES string of the molecule is CC(C)(C)OC(=O)COc1ccc([S+](c2ccccc2)c2ccccc2)cc1.Cc1ccc(S(=O)(=O)[O-])cc1. The second kappa shape index (κ2) is 13.5. The van der Waals surface area contributed by atoms with Crippen LogP contribution in [0.1, 0.15) is 26.3 Å². The Balaban J connectivity index is 0.000000320. The molecule has 39 heavy (non-hydrogen) atoms. The van der Waals surface area contributed by atoms with Crippen LogP contribution >= 0.6 is 0 Å². The molecule has 0 aromatic heterocycles. The molecule has 0 spiro atoms. The smallest absolute Gasteiger partial charge is 0.344 e. The number of aryl methyl sites for hydroxylation is 1. The van der Waals surface area contributed by atoms with Gasteiger partial charge in [0.25, 0.3) is 0 Å². The lowest BCUT2D eigenvalue weighted by Gasteiger charge is -2.19. The quantitative estimate of drug-likeness (QED) is 0.146. The summed E-state index contributed by atoms with van der Waals surface area (Å²) in [6.07, 6.45) is 0. The first-order chi connectivity index (χ1) is 18.4. The summed E-state index contributed by atoms with van der Waals surface area (Å²) in [5.41, 5.74) is 0.418. The van der Waals surface area contributed by atoms with Gasteiger partial charge in [0, 0.05) is 0 Å². The number of carbonyl (C=O) groups is 1. The van der Waals surface area contributed by atoms with Crippen LogP contribution in [0.5, 0.6) is 5.75 Å². The monoisotopic (exact) mass is 564 g/mol. The maximum atomic E-state index is 11.8. The van der Waals surface area contributed by atoms with Crippen molar-refractivity contribution in [2.45, 2.75) is 52.9 Å². The maximum absolute atomic E-state index is 11.8. The number of ether oxygens (including phenoxy) is 2. The highest BCUT2D eigenvalue weighted by Gasteiger charge is 2.28. The number of carbonyl (C=O) groups excluding carboxylic acids is 1. The zero-order valence-corrected chi connectivity index (χ0v) is 24.0. The molecule has 0 bridgehead atoms. The van der Waals surface area contributed by atoms with Gasteiger partial charge in [0.2, 0.25) is 0 Å². The molecule has 4 aromatic carbocycles. The minimum absolute atomic E-state index is 0.0975. The average Bonchev–Trinajstić information content (AvgIpc) is 2.89.